The van der Waals surface area contributed by atoms with Gasteiger partial charge < -0.3 is 20.0 Å². The summed E-state index contributed by atoms with van der Waals surface area (Å²) < 4.78 is 15.5. The highest BCUT2D eigenvalue weighted by atomic mass is 19.1. The fourth-order valence-corrected chi connectivity index (χ4v) is 8.80. The minimum absolute atomic E-state index is 0.0214. The first-order chi connectivity index (χ1) is 27.6. The zero-order valence-corrected chi connectivity index (χ0v) is 31.9. The number of allylic oxidation sites excluding steroid dienone is 1. The number of nitrogens with zero attached hydrogens (tertiary/aromatic N) is 4. The quantitative estimate of drug-likeness (QED) is 0.138. The zero-order valence-electron chi connectivity index (χ0n) is 31.9. The monoisotopic (exact) mass is 771 g/mol. The Bertz CT molecular complexity index is 2220. The fourth-order valence-electron chi connectivity index (χ4n) is 8.80. The van der Waals surface area contributed by atoms with Crippen molar-refractivity contribution < 1.29 is 33.8 Å². The van der Waals surface area contributed by atoms with Crippen LogP contribution in [0.3, 0.4) is 0 Å². The number of imide groups is 2. The molecule has 1 atom stereocenters. The molecule has 294 valence electrons. The molecule has 12 heteroatoms. The first-order valence-corrected chi connectivity index (χ1v) is 19.8. The van der Waals surface area contributed by atoms with Crippen LogP contribution in [0, 0.1) is 11.7 Å². The summed E-state index contributed by atoms with van der Waals surface area (Å²) >= 11 is 0. The van der Waals surface area contributed by atoms with Crippen LogP contribution < -0.4 is 15.1 Å². The van der Waals surface area contributed by atoms with E-state index in [1.54, 1.807) is 24.3 Å². The van der Waals surface area contributed by atoms with Crippen molar-refractivity contribution in [2.45, 2.75) is 45.1 Å². The fraction of sp³-hybridized carbons (Fsp3) is 0.333. The molecule has 57 heavy (non-hydrogen) atoms. The van der Waals surface area contributed by atoms with Crippen molar-refractivity contribution in [2.75, 3.05) is 55.6 Å². The number of hydrogen-bond donors (Lipinski definition) is 3. The molecule has 4 aliphatic heterocycles. The highest BCUT2D eigenvalue weighted by Gasteiger charge is 2.45. The molecule has 0 saturated carbocycles. The molecule has 3 N–H and O–H groups in total. The minimum Gasteiger partial charge on any atom is -0.508 e. The van der Waals surface area contributed by atoms with Gasteiger partial charge in [0.05, 0.1) is 16.8 Å². The molecule has 3 fully saturated rings. The molecular weight excluding hydrogens is 726 g/mol. The van der Waals surface area contributed by atoms with E-state index in [1.807, 2.05) is 29.2 Å². The largest absolute Gasteiger partial charge is 0.508 e. The number of phenolic OH excluding ortho intramolecular Hbond substituents is 2. The molecular formula is C45H46FN5O6. The number of hydrogen-bond acceptors (Lipinski definition) is 9. The molecule has 0 spiro atoms. The summed E-state index contributed by atoms with van der Waals surface area (Å²) in [5.74, 6) is -2.10. The van der Waals surface area contributed by atoms with Crippen LogP contribution in [-0.2, 0) is 9.59 Å². The number of fused-ring (bicyclic) bond motifs is 1. The lowest BCUT2D eigenvalue weighted by Gasteiger charge is -2.40. The number of carbonyl (C=O) groups excluding carboxylic acids is 4. The van der Waals surface area contributed by atoms with Crippen molar-refractivity contribution in [3.63, 3.8) is 0 Å². The number of phenols is 2. The van der Waals surface area contributed by atoms with Crippen LogP contribution in [0.15, 0.2) is 84.9 Å². The Kier molecular flexibility index (Phi) is 10.5. The van der Waals surface area contributed by atoms with Crippen LogP contribution >= 0.6 is 0 Å². The minimum atomic E-state index is -1.09. The van der Waals surface area contributed by atoms with Gasteiger partial charge >= 0.3 is 0 Å². The van der Waals surface area contributed by atoms with Crippen molar-refractivity contribution in [1.82, 2.24) is 15.1 Å². The van der Waals surface area contributed by atoms with E-state index in [2.05, 4.69) is 46.3 Å². The molecule has 4 aromatic carbocycles. The summed E-state index contributed by atoms with van der Waals surface area (Å²) in [4.78, 5) is 58.2. The SMILES string of the molecule is CCC(=C(c1ccc(O)cc1)c1ccc(N2CCC(CN3CCN(c4cc5c(cc4F)C(=O)N(C4CCC(=O)NC4=O)C5=O)CC3)CC2)cc1)c1ccc(O)cc1. The molecule has 8 rings (SSSR count). The molecule has 4 amide bonds. The Morgan fingerprint density at radius 1 is 0.702 bits per heavy atom. The van der Waals surface area contributed by atoms with Crippen molar-refractivity contribution in [2.24, 2.45) is 5.92 Å². The topological polar surface area (TPSA) is 134 Å². The Balaban J connectivity index is 0.875. The van der Waals surface area contributed by atoms with Gasteiger partial charge in [0.1, 0.15) is 23.4 Å². The number of halogens is 1. The lowest BCUT2D eigenvalue weighted by Crippen LogP contribution is -2.54. The average molecular weight is 772 g/mol. The van der Waals surface area contributed by atoms with Gasteiger partial charge in [0.15, 0.2) is 0 Å². The predicted octanol–water partition coefficient (Wildman–Crippen LogP) is 6.05. The first-order valence-electron chi connectivity index (χ1n) is 19.8. The average Bonchev–Trinajstić information content (AvgIpc) is 3.45. The first kappa shape index (κ1) is 37.9. The van der Waals surface area contributed by atoms with Gasteiger partial charge in [-0.1, -0.05) is 43.3 Å². The van der Waals surface area contributed by atoms with Crippen LogP contribution in [0.5, 0.6) is 11.5 Å². The smallest absolute Gasteiger partial charge is 0.262 e. The number of piperidine rings is 2. The van der Waals surface area contributed by atoms with Gasteiger partial charge in [-0.25, -0.2) is 4.39 Å². The van der Waals surface area contributed by atoms with Gasteiger partial charge in [0.25, 0.3) is 11.8 Å². The van der Waals surface area contributed by atoms with Gasteiger partial charge in [-0.05, 0) is 108 Å². The van der Waals surface area contributed by atoms with Gasteiger partial charge in [0, 0.05) is 57.9 Å². The molecule has 0 aliphatic carbocycles. The second-order valence-electron chi connectivity index (χ2n) is 15.4. The third-order valence-corrected chi connectivity index (χ3v) is 11.9. The number of benzene rings is 4. The number of amides is 4. The van der Waals surface area contributed by atoms with Gasteiger partial charge in [0.2, 0.25) is 11.8 Å². The van der Waals surface area contributed by atoms with Crippen molar-refractivity contribution in [3.8, 4) is 11.5 Å². The number of aromatic hydroxyl groups is 2. The van der Waals surface area contributed by atoms with Crippen LogP contribution in [0.1, 0.15) is 76.4 Å². The summed E-state index contributed by atoms with van der Waals surface area (Å²) in [6.45, 7) is 7.62. The standard InChI is InChI=1S/C45H46FN5O6/c1-2-35(29-5-11-33(52)12-6-29)42(31-7-13-34(53)14-8-31)30-3-9-32(10-4-30)49-19-17-28(18-20-49)27-48-21-23-50(24-22-48)40-26-37-36(25-38(40)46)44(56)51(45(37)57)39-15-16-41(54)47-43(39)55/h3-14,25-26,28,39,52-53H,2,15-24,27H2,1H3,(H,47,54,55). The third kappa shape index (κ3) is 7.61. The van der Waals surface area contributed by atoms with E-state index in [0.717, 1.165) is 90.8 Å². The maximum absolute atomic E-state index is 15.5. The number of carbonyl (C=O) groups is 4. The maximum Gasteiger partial charge on any atom is 0.262 e. The lowest BCUT2D eigenvalue weighted by molar-refractivity contribution is -0.136. The number of piperazine rings is 1. The van der Waals surface area contributed by atoms with Crippen LogP contribution in [0.25, 0.3) is 11.1 Å². The van der Waals surface area contributed by atoms with E-state index in [4.69, 9.17) is 0 Å². The van der Waals surface area contributed by atoms with Crippen molar-refractivity contribution >= 4 is 46.1 Å². The number of rotatable bonds is 9. The summed E-state index contributed by atoms with van der Waals surface area (Å²) in [5, 5.41) is 22.1. The molecule has 1 unspecified atom stereocenters. The number of anilines is 2. The van der Waals surface area contributed by atoms with E-state index in [-0.39, 0.29) is 41.2 Å². The van der Waals surface area contributed by atoms with Crippen LogP contribution in [0.4, 0.5) is 15.8 Å². The van der Waals surface area contributed by atoms with Gasteiger partial charge in [-0.3, -0.25) is 34.3 Å². The van der Waals surface area contributed by atoms with Crippen molar-refractivity contribution in [3.05, 3.63) is 119 Å². The van der Waals surface area contributed by atoms with Crippen LogP contribution in [-0.4, -0.2) is 95.5 Å². The van der Waals surface area contributed by atoms with Gasteiger partial charge in [-0.2, -0.15) is 0 Å². The van der Waals surface area contributed by atoms with E-state index in [9.17, 15) is 29.4 Å². The molecule has 0 bridgehead atoms. The lowest BCUT2D eigenvalue weighted by atomic mass is 9.88. The molecule has 4 aromatic rings. The van der Waals surface area contributed by atoms with E-state index < -0.39 is 35.5 Å². The summed E-state index contributed by atoms with van der Waals surface area (Å²) in [7, 11) is 0. The second-order valence-corrected chi connectivity index (χ2v) is 15.4. The van der Waals surface area contributed by atoms with Gasteiger partial charge in [-0.15, -0.1) is 0 Å². The highest BCUT2D eigenvalue weighted by molar-refractivity contribution is 6.23. The Labute approximate surface area is 331 Å². The highest BCUT2D eigenvalue weighted by Crippen LogP contribution is 2.37. The zero-order chi connectivity index (χ0) is 39.8. The summed E-state index contributed by atoms with van der Waals surface area (Å²) in [6.07, 6.45) is 2.96. The van der Waals surface area contributed by atoms with Crippen molar-refractivity contribution in [1.29, 1.82) is 0 Å². The molecule has 11 nitrogen and oxygen atoms in total. The van der Waals surface area contributed by atoms with E-state index in [1.165, 1.54) is 11.8 Å². The molecule has 0 aromatic heterocycles. The maximum atomic E-state index is 15.5. The summed E-state index contributed by atoms with van der Waals surface area (Å²) in [5.41, 5.74) is 6.84. The van der Waals surface area contributed by atoms with Crippen LogP contribution in [0.2, 0.25) is 0 Å². The summed E-state index contributed by atoms with van der Waals surface area (Å²) in [6, 6.07) is 24.8. The Morgan fingerprint density at radius 3 is 1.84 bits per heavy atom. The van der Waals surface area contributed by atoms with E-state index in [0.29, 0.717) is 19.0 Å². The predicted molar refractivity (Wildman–Crippen MR) is 216 cm³/mol. The molecule has 4 aliphatic rings. The number of nitrogens with one attached hydrogen (secondary N) is 1. The Hall–Kier alpha value is -6.01. The Morgan fingerprint density at radius 2 is 1.26 bits per heavy atom. The molecule has 0 radical (unpaired) electrons. The molecule has 4 heterocycles. The normalized spacial score (nSPS) is 19.8. The van der Waals surface area contributed by atoms with E-state index >= 15 is 4.39 Å². The second kappa shape index (κ2) is 15.9. The molecule has 3 saturated heterocycles. The third-order valence-electron chi connectivity index (χ3n) is 11.9.